The summed E-state index contributed by atoms with van der Waals surface area (Å²) in [7, 11) is 0. The lowest BCUT2D eigenvalue weighted by molar-refractivity contribution is 0.290. The summed E-state index contributed by atoms with van der Waals surface area (Å²) in [5.74, 6) is 0.373. The number of benzene rings is 1. The number of hydrogen-bond donors (Lipinski definition) is 1. The highest BCUT2D eigenvalue weighted by atomic mass is 16.5. The van der Waals surface area contributed by atoms with Gasteiger partial charge < -0.3 is 9.52 Å². The number of aliphatic imine (C=N–C) groups is 1. The van der Waals surface area contributed by atoms with Crippen LogP contribution in [0.15, 0.2) is 33.7 Å². The molecule has 1 aromatic carbocycles. The van der Waals surface area contributed by atoms with Gasteiger partial charge in [-0.25, -0.2) is 4.98 Å². The first-order valence-corrected chi connectivity index (χ1v) is 6.93. The van der Waals surface area contributed by atoms with Crippen LogP contribution in [0.1, 0.15) is 44.8 Å². The number of aromatic hydroxyl groups is 1. The fraction of sp³-hybridized carbons (Fsp3) is 0.294. The van der Waals surface area contributed by atoms with Crippen LogP contribution in [0.2, 0.25) is 0 Å². The van der Waals surface area contributed by atoms with Gasteiger partial charge in [-0.3, -0.25) is 4.99 Å². The summed E-state index contributed by atoms with van der Waals surface area (Å²) in [5.41, 5.74) is 4.08. The van der Waals surface area contributed by atoms with Gasteiger partial charge in [0.25, 0.3) is 0 Å². The Hall–Kier alpha value is -2.36. The van der Waals surface area contributed by atoms with E-state index >= 15 is 0 Å². The Bertz CT molecular complexity index is 761. The molecule has 0 saturated carbocycles. The fourth-order valence-electron chi connectivity index (χ4n) is 2.29. The van der Waals surface area contributed by atoms with Gasteiger partial charge in [0.05, 0.1) is 5.69 Å². The van der Waals surface area contributed by atoms with Crippen molar-refractivity contribution in [2.45, 2.75) is 33.1 Å². The Morgan fingerprint density at radius 2 is 1.90 bits per heavy atom. The molecule has 2 aromatic rings. The topological polar surface area (TPSA) is 58.6 Å². The number of hydrogen-bond acceptors (Lipinski definition) is 4. The van der Waals surface area contributed by atoms with Crippen LogP contribution < -0.4 is 0 Å². The zero-order valence-corrected chi connectivity index (χ0v) is 12.6. The van der Waals surface area contributed by atoms with Crippen molar-refractivity contribution in [2.24, 2.45) is 4.99 Å². The first-order valence-electron chi connectivity index (χ1n) is 6.93. The molecule has 0 atom stereocenters. The Balaban J connectivity index is 2.08. The molecular formula is C17H18N2O2. The van der Waals surface area contributed by atoms with E-state index in [1.165, 1.54) is 0 Å². The van der Waals surface area contributed by atoms with Crippen molar-refractivity contribution in [3.8, 4) is 5.95 Å². The lowest BCUT2D eigenvalue weighted by atomic mass is 9.97. The van der Waals surface area contributed by atoms with Crippen molar-refractivity contribution in [1.29, 1.82) is 0 Å². The molecule has 21 heavy (non-hydrogen) atoms. The summed E-state index contributed by atoms with van der Waals surface area (Å²) in [4.78, 5) is 8.93. The number of rotatable bonds is 1. The molecule has 0 spiro atoms. The maximum Gasteiger partial charge on any atom is 0.310 e. The molecule has 4 nitrogen and oxygen atoms in total. The third kappa shape index (κ3) is 2.37. The molecule has 0 unspecified atom stereocenters. The average Bonchev–Trinajstić information content (AvgIpc) is 2.92. The minimum Gasteiger partial charge on any atom is -0.479 e. The summed E-state index contributed by atoms with van der Waals surface area (Å²) in [5, 5.41) is 9.98. The van der Waals surface area contributed by atoms with E-state index in [4.69, 9.17) is 4.42 Å². The summed E-state index contributed by atoms with van der Waals surface area (Å²) < 4.78 is 5.37. The van der Waals surface area contributed by atoms with Gasteiger partial charge in [0, 0.05) is 22.3 Å². The van der Waals surface area contributed by atoms with E-state index in [2.05, 4.69) is 9.98 Å². The van der Waals surface area contributed by atoms with E-state index in [0.717, 1.165) is 22.5 Å². The summed E-state index contributed by atoms with van der Waals surface area (Å²) >= 11 is 0. The molecule has 0 radical (unpaired) electrons. The second-order valence-electron chi connectivity index (χ2n) is 6.23. The maximum absolute atomic E-state index is 9.98. The van der Waals surface area contributed by atoms with Gasteiger partial charge in [-0.15, -0.1) is 0 Å². The standard InChI is InChI=1S/C17H18N2O2/c1-10-12(11-7-5-6-8-13(11)18-10)9-14-15(20)21-16(19-14)17(2,3)4/h5-9,20H,1-4H3/b12-9+. The minimum absolute atomic E-state index is 0.149. The number of allylic oxidation sites excluding steroid dienone is 1. The SMILES string of the molecule is CC1=Nc2ccccc2/C1=C/c1nc(C(C)(C)C)oc1O. The zero-order valence-electron chi connectivity index (χ0n) is 12.6. The molecule has 0 bridgehead atoms. The van der Waals surface area contributed by atoms with E-state index in [-0.39, 0.29) is 11.4 Å². The van der Waals surface area contributed by atoms with Crippen LogP contribution in [0.25, 0.3) is 11.6 Å². The Labute approximate surface area is 123 Å². The number of fused-ring (bicyclic) bond motifs is 1. The Morgan fingerprint density at radius 1 is 1.19 bits per heavy atom. The first kappa shape index (κ1) is 13.6. The molecule has 0 saturated heterocycles. The summed E-state index contributed by atoms with van der Waals surface area (Å²) in [6.45, 7) is 7.93. The van der Waals surface area contributed by atoms with Crippen LogP contribution in [0.4, 0.5) is 5.69 Å². The van der Waals surface area contributed by atoms with E-state index < -0.39 is 0 Å². The highest BCUT2D eigenvalue weighted by molar-refractivity contribution is 6.31. The molecule has 1 aliphatic rings. The fourth-order valence-corrected chi connectivity index (χ4v) is 2.29. The molecule has 0 aliphatic carbocycles. The van der Waals surface area contributed by atoms with Gasteiger partial charge in [-0.05, 0) is 19.1 Å². The Morgan fingerprint density at radius 3 is 2.57 bits per heavy atom. The molecule has 3 rings (SSSR count). The van der Waals surface area contributed by atoms with Gasteiger partial charge >= 0.3 is 5.95 Å². The van der Waals surface area contributed by atoms with E-state index in [1.807, 2.05) is 58.0 Å². The molecule has 1 aliphatic heterocycles. The number of para-hydroxylation sites is 1. The highest BCUT2D eigenvalue weighted by Gasteiger charge is 2.24. The van der Waals surface area contributed by atoms with Crippen LogP contribution in [-0.2, 0) is 5.41 Å². The van der Waals surface area contributed by atoms with Gasteiger partial charge in [0.2, 0.25) is 5.89 Å². The minimum atomic E-state index is -0.245. The molecule has 2 heterocycles. The third-order valence-corrected chi connectivity index (χ3v) is 3.43. The second kappa shape index (κ2) is 4.58. The van der Waals surface area contributed by atoms with Gasteiger partial charge in [-0.1, -0.05) is 39.0 Å². The first-order chi connectivity index (χ1) is 9.86. The zero-order chi connectivity index (χ0) is 15.2. The largest absolute Gasteiger partial charge is 0.479 e. The number of oxazole rings is 1. The third-order valence-electron chi connectivity index (χ3n) is 3.43. The van der Waals surface area contributed by atoms with Gasteiger partial charge in [-0.2, -0.15) is 0 Å². The monoisotopic (exact) mass is 282 g/mol. The lowest BCUT2D eigenvalue weighted by Gasteiger charge is -2.11. The number of nitrogens with zero attached hydrogens (tertiary/aromatic N) is 2. The second-order valence-corrected chi connectivity index (χ2v) is 6.23. The highest BCUT2D eigenvalue weighted by Crippen LogP contribution is 2.37. The van der Waals surface area contributed by atoms with Crippen LogP contribution in [0.3, 0.4) is 0 Å². The van der Waals surface area contributed by atoms with Crippen molar-refractivity contribution >= 4 is 23.0 Å². The quantitative estimate of drug-likeness (QED) is 0.847. The van der Waals surface area contributed by atoms with Crippen LogP contribution >= 0.6 is 0 Å². The predicted molar refractivity (Wildman–Crippen MR) is 83.9 cm³/mol. The van der Waals surface area contributed by atoms with E-state index in [9.17, 15) is 5.11 Å². The number of aromatic nitrogens is 1. The van der Waals surface area contributed by atoms with Crippen LogP contribution in [-0.4, -0.2) is 15.8 Å². The molecule has 0 fully saturated rings. The molecule has 1 N–H and O–H groups in total. The van der Waals surface area contributed by atoms with Crippen molar-refractivity contribution in [3.05, 3.63) is 41.4 Å². The van der Waals surface area contributed by atoms with Crippen molar-refractivity contribution in [2.75, 3.05) is 0 Å². The molecule has 1 aromatic heterocycles. The van der Waals surface area contributed by atoms with Crippen molar-refractivity contribution in [1.82, 2.24) is 4.98 Å². The average molecular weight is 282 g/mol. The maximum atomic E-state index is 9.98. The summed E-state index contributed by atoms with van der Waals surface area (Å²) in [6, 6.07) is 7.93. The molecular weight excluding hydrogens is 264 g/mol. The normalized spacial score (nSPS) is 16.2. The van der Waals surface area contributed by atoms with Crippen LogP contribution in [0, 0.1) is 0 Å². The molecule has 108 valence electrons. The van der Waals surface area contributed by atoms with Gasteiger partial charge in [0.15, 0.2) is 0 Å². The lowest BCUT2D eigenvalue weighted by Crippen LogP contribution is -2.11. The summed E-state index contributed by atoms with van der Waals surface area (Å²) in [6.07, 6.45) is 1.83. The van der Waals surface area contributed by atoms with Crippen molar-refractivity contribution in [3.63, 3.8) is 0 Å². The van der Waals surface area contributed by atoms with E-state index in [0.29, 0.717) is 11.6 Å². The van der Waals surface area contributed by atoms with E-state index in [1.54, 1.807) is 0 Å². The van der Waals surface area contributed by atoms with Crippen LogP contribution in [0.5, 0.6) is 5.95 Å². The molecule has 0 amide bonds. The smallest absolute Gasteiger partial charge is 0.310 e. The Kier molecular flexibility index (Phi) is 2.97. The van der Waals surface area contributed by atoms with Crippen molar-refractivity contribution < 1.29 is 9.52 Å². The molecule has 4 heteroatoms. The predicted octanol–water partition coefficient (Wildman–Crippen LogP) is 4.32. The van der Waals surface area contributed by atoms with Gasteiger partial charge in [0.1, 0.15) is 5.69 Å².